The predicted octanol–water partition coefficient (Wildman–Crippen LogP) is 0.900. The van der Waals surface area contributed by atoms with Gasteiger partial charge in [0.2, 0.25) is 11.9 Å². The lowest BCUT2D eigenvalue weighted by Crippen LogP contribution is -2.62. The Balaban J connectivity index is 2.03. The molecule has 1 unspecified atom stereocenters. The van der Waals surface area contributed by atoms with Gasteiger partial charge >= 0.3 is 12.0 Å². The first-order valence-electron chi connectivity index (χ1n) is 7.22. The van der Waals surface area contributed by atoms with Crippen molar-refractivity contribution in [3.63, 3.8) is 0 Å². The zero-order valence-electron chi connectivity index (χ0n) is 12.8. The molecular weight excluding hydrogens is 270 g/mol. The normalized spacial score (nSPS) is 20.8. The molecule has 0 aliphatic carbocycles. The third-order valence-electron chi connectivity index (χ3n) is 4.22. The Morgan fingerprint density at radius 3 is 2.71 bits per heavy atom. The number of urea groups is 1. The molecule has 1 fully saturated rings. The summed E-state index contributed by atoms with van der Waals surface area (Å²) in [7, 11) is 3.59. The van der Waals surface area contributed by atoms with Crippen LogP contribution in [0.4, 0.5) is 10.7 Å². The van der Waals surface area contributed by atoms with E-state index in [1.807, 2.05) is 36.2 Å². The van der Waals surface area contributed by atoms with E-state index in [2.05, 4.69) is 4.99 Å². The number of likely N-dealkylation sites (N-methyl/N-ethyl adjacent to an activating group) is 1. The molecule has 1 aromatic heterocycles. The highest BCUT2D eigenvalue weighted by Crippen LogP contribution is 2.28. The molecule has 3 amide bonds. The third kappa shape index (κ3) is 1.80. The number of hydrogen-bond acceptors (Lipinski definition) is 3. The molecule has 3 heterocycles. The minimum atomic E-state index is -0.514. The van der Waals surface area contributed by atoms with Crippen molar-refractivity contribution in [2.24, 2.45) is 12.0 Å². The molecule has 2 aliphatic rings. The number of fused-ring (bicyclic) bond motifs is 3. The number of imide groups is 1. The van der Waals surface area contributed by atoms with Gasteiger partial charge in [0.05, 0.1) is 7.05 Å². The number of aliphatic imine (C=N–C) groups is 1. The van der Waals surface area contributed by atoms with Crippen LogP contribution in [0.3, 0.4) is 0 Å². The Hall–Kier alpha value is -2.18. The number of imidazole rings is 1. The average molecular weight is 290 g/mol. The number of nitrogens with zero attached hydrogens (tertiary/aromatic N) is 5. The van der Waals surface area contributed by atoms with Crippen LogP contribution in [-0.4, -0.2) is 45.7 Å². The van der Waals surface area contributed by atoms with Crippen LogP contribution in [0.25, 0.3) is 0 Å². The van der Waals surface area contributed by atoms with Gasteiger partial charge in [0.15, 0.2) is 0 Å². The lowest BCUT2D eigenvalue weighted by molar-refractivity contribution is -0.677. The van der Waals surface area contributed by atoms with E-state index in [0.717, 1.165) is 18.5 Å². The molecular formula is C14H20N5O2+. The SMILES string of the molecule is CCCCN1C(=O)C2C(=Nc3n(C)c(C)c[n+]32)N(C)C1=O. The largest absolute Gasteiger partial charge is 0.401 e. The zero-order chi connectivity index (χ0) is 15.3. The lowest BCUT2D eigenvalue weighted by atomic mass is 10.1. The van der Waals surface area contributed by atoms with E-state index in [1.165, 1.54) is 9.80 Å². The average Bonchev–Trinajstić information content (AvgIpc) is 2.95. The quantitative estimate of drug-likeness (QED) is 0.777. The topological polar surface area (TPSA) is 61.8 Å². The first-order valence-corrected chi connectivity index (χ1v) is 7.22. The summed E-state index contributed by atoms with van der Waals surface area (Å²) in [5.74, 6) is 1.04. The highest BCUT2D eigenvalue weighted by atomic mass is 16.2. The fourth-order valence-electron chi connectivity index (χ4n) is 2.82. The van der Waals surface area contributed by atoms with Crippen LogP contribution in [-0.2, 0) is 11.8 Å². The summed E-state index contributed by atoms with van der Waals surface area (Å²) >= 11 is 0. The van der Waals surface area contributed by atoms with E-state index in [0.29, 0.717) is 18.3 Å². The van der Waals surface area contributed by atoms with Crippen molar-refractivity contribution < 1.29 is 14.2 Å². The van der Waals surface area contributed by atoms with E-state index < -0.39 is 6.04 Å². The number of aryl methyl sites for hydroxylation is 1. The smallest absolute Gasteiger partial charge is 0.270 e. The molecule has 1 atom stereocenters. The van der Waals surface area contributed by atoms with Crippen LogP contribution in [0.1, 0.15) is 31.5 Å². The second-order valence-corrected chi connectivity index (χ2v) is 5.59. The maximum absolute atomic E-state index is 12.7. The highest BCUT2D eigenvalue weighted by Gasteiger charge is 2.52. The third-order valence-corrected chi connectivity index (χ3v) is 4.22. The van der Waals surface area contributed by atoms with Crippen molar-refractivity contribution in [2.45, 2.75) is 32.7 Å². The second kappa shape index (κ2) is 4.68. The van der Waals surface area contributed by atoms with Gasteiger partial charge in [-0.25, -0.2) is 13.9 Å². The Kier molecular flexibility index (Phi) is 3.07. The zero-order valence-corrected chi connectivity index (χ0v) is 12.8. The number of aromatic nitrogens is 2. The summed E-state index contributed by atoms with van der Waals surface area (Å²) in [6.45, 7) is 4.47. The first-order chi connectivity index (χ1) is 9.97. The minimum Gasteiger partial charge on any atom is -0.270 e. The number of amidine groups is 1. The number of carbonyl (C=O) groups is 2. The number of unbranched alkanes of at least 4 members (excludes halogenated alkanes) is 1. The van der Waals surface area contributed by atoms with E-state index in [-0.39, 0.29) is 11.9 Å². The number of amides is 3. The van der Waals surface area contributed by atoms with Crippen LogP contribution in [0.2, 0.25) is 0 Å². The Morgan fingerprint density at radius 1 is 1.33 bits per heavy atom. The van der Waals surface area contributed by atoms with Crippen molar-refractivity contribution in [3.8, 4) is 0 Å². The van der Waals surface area contributed by atoms with Gasteiger partial charge in [-0.2, -0.15) is 0 Å². The lowest BCUT2D eigenvalue weighted by Gasteiger charge is -2.33. The molecule has 0 spiro atoms. The van der Waals surface area contributed by atoms with Gasteiger partial charge < -0.3 is 0 Å². The van der Waals surface area contributed by atoms with E-state index in [9.17, 15) is 9.59 Å². The van der Waals surface area contributed by atoms with Gasteiger partial charge in [0.1, 0.15) is 11.9 Å². The molecule has 112 valence electrons. The molecule has 0 aromatic carbocycles. The Bertz CT molecular complexity index is 661. The Morgan fingerprint density at radius 2 is 2.05 bits per heavy atom. The van der Waals surface area contributed by atoms with E-state index in [1.54, 1.807) is 7.05 Å². The molecule has 21 heavy (non-hydrogen) atoms. The molecule has 0 bridgehead atoms. The first kappa shape index (κ1) is 13.8. The van der Waals surface area contributed by atoms with Crippen molar-refractivity contribution in [3.05, 3.63) is 11.9 Å². The molecule has 0 saturated carbocycles. The molecule has 7 heteroatoms. The van der Waals surface area contributed by atoms with Crippen molar-refractivity contribution >= 4 is 23.7 Å². The maximum Gasteiger partial charge on any atom is 0.401 e. The van der Waals surface area contributed by atoms with Gasteiger partial charge in [-0.1, -0.05) is 18.3 Å². The van der Waals surface area contributed by atoms with Gasteiger partial charge in [0, 0.05) is 13.6 Å². The molecule has 3 rings (SSSR count). The summed E-state index contributed by atoms with van der Waals surface area (Å²) in [4.78, 5) is 32.4. The predicted molar refractivity (Wildman–Crippen MR) is 76.3 cm³/mol. The van der Waals surface area contributed by atoms with Crippen LogP contribution in [0, 0.1) is 6.92 Å². The van der Waals surface area contributed by atoms with Crippen molar-refractivity contribution in [1.29, 1.82) is 0 Å². The van der Waals surface area contributed by atoms with Gasteiger partial charge in [-0.15, -0.1) is 0 Å². The van der Waals surface area contributed by atoms with E-state index in [4.69, 9.17) is 0 Å². The van der Waals surface area contributed by atoms with Crippen LogP contribution in [0.5, 0.6) is 0 Å². The summed E-state index contributed by atoms with van der Waals surface area (Å²) in [6.07, 6.45) is 3.67. The molecule has 1 aromatic rings. The van der Waals surface area contributed by atoms with Gasteiger partial charge in [-0.3, -0.25) is 14.6 Å². The number of hydrogen-bond donors (Lipinski definition) is 0. The molecule has 1 saturated heterocycles. The van der Waals surface area contributed by atoms with Gasteiger partial charge in [0.25, 0.3) is 5.91 Å². The maximum atomic E-state index is 12.7. The minimum absolute atomic E-state index is 0.181. The van der Waals surface area contributed by atoms with Crippen LogP contribution < -0.4 is 4.57 Å². The molecule has 2 aliphatic heterocycles. The fourth-order valence-corrected chi connectivity index (χ4v) is 2.82. The summed E-state index contributed by atoms with van der Waals surface area (Å²) in [6, 6.07) is -0.798. The van der Waals surface area contributed by atoms with Crippen LogP contribution >= 0.6 is 0 Å². The number of rotatable bonds is 3. The highest BCUT2D eigenvalue weighted by molar-refractivity contribution is 6.19. The summed E-state index contributed by atoms with van der Waals surface area (Å²) < 4.78 is 3.78. The second-order valence-electron chi connectivity index (χ2n) is 5.59. The molecule has 0 radical (unpaired) electrons. The molecule has 7 nitrogen and oxygen atoms in total. The summed E-state index contributed by atoms with van der Waals surface area (Å²) in [5.41, 5.74) is 1.03. The van der Waals surface area contributed by atoms with Crippen molar-refractivity contribution in [1.82, 2.24) is 14.4 Å². The summed E-state index contributed by atoms with van der Waals surface area (Å²) in [5, 5.41) is 0. The monoisotopic (exact) mass is 290 g/mol. The number of carbonyl (C=O) groups excluding carboxylic acids is 2. The standard InChI is InChI=1S/C14H20N5O2/c1-5-6-7-18-12(20)10-11(17(4)14(18)21)15-13-16(3)9(2)8-19(10)13/h8,10H,5-7H2,1-4H3/q+1. The Labute approximate surface area is 123 Å². The van der Waals surface area contributed by atoms with Crippen molar-refractivity contribution in [2.75, 3.05) is 13.6 Å². The molecule has 0 N–H and O–H groups in total. The van der Waals surface area contributed by atoms with Gasteiger partial charge in [-0.05, 0) is 13.3 Å². The van der Waals surface area contributed by atoms with Crippen LogP contribution in [0.15, 0.2) is 11.2 Å². The fraction of sp³-hybridized carbons (Fsp3) is 0.571. The van der Waals surface area contributed by atoms with E-state index >= 15 is 0 Å².